The predicted octanol–water partition coefficient (Wildman–Crippen LogP) is 2.20. The van der Waals surface area contributed by atoms with Gasteiger partial charge in [-0.2, -0.15) is 0 Å². The van der Waals surface area contributed by atoms with Crippen molar-refractivity contribution in [3.05, 3.63) is 24.3 Å². The topological polar surface area (TPSA) is 53.2 Å². The number of carbonyl (C=O) groups excluding carboxylic acids is 1. The second-order valence-electron chi connectivity index (χ2n) is 5.52. The van der Waals surface area contributed by atoms with Gasteiger partial charge in [0.2, 0.25) is 5.91 Å². The van der Waals surface area contributed by atoms with E-state index in [1.807, 2.05) is 24.3 Å². The van der Waals surface area contributed by atoms with Crippen molar-refractivity contribution in [1.82, 2.24) is 5.32 Å². The Hall–Kier alpha value is -1.55. The monoisotopic (exact) mass is 259 g/mol. The first kappa shape index (κ1) is 12.5. The Labute approximate surface area is 114 Å². The lowest BCUT2D eigenvalue weighted by molar-refractivity contribution is -0.117. The zero-order valence-electron chi connectivity index (χ0n) is 11.1. The first-order chi connectivity index (χ1) is 9.31. The van der Waals surface area contributed by atoms with Gasteiger partial charge in [-0.05, 0) is 56.5 Å². The first-order valence-electron chi connectivity index (χ1n) is 7.19. The van der Waals surface area contributed by atoms with Crippen molar-refractivity contribution >= 4 is 17.3 Å². The average molecular weight is 259 g/mol. The summed E-state index contributed by atoms with van der Waals surface area (Å²) in [5, 5.41) is 9.84. The molecule has 3 N–H and O–H groups in total. The third-order valence-electron chi connectivity index (χ3n) is 3.82. The molecule has 1 heterocycles. The summed E-state index contributed by atoms with van der Waals surface area (Å²) in [6.07, 6.45) is 4.61. The van der Waals surface area contributed by atoms with E-state index in [1.54, 1.807) is 0 Å². The van der Waals surface area contributed by atoms with Crippen molar-refractivity contribution in [1.29, 1.82) is 0 Å². The van der Waals surface area contributed by atoms with Gasteiger partial charge in [0, 0.05) is 29.9 Å². The Kier molecular flexibility index (Phi) is 3.69. The molecule has 2 aliphatic rings. The van der Waals surface area contributed by atoms with Gasteiger partial charge in [0.25, 0.3) is 0 Å². The van der Waals surface area contributed by atoms with E-state index in [1.165, 1.54) is 12.8 Å². The fourth-order valence-corrected chi connectivity index (χ4v) is 2.43. The zero-order valence-corrected chi connectivity index (χ0v) is 11.1. The first-order valence-corrected chi connectivity index (χ1v) is 7.19. The summed E-state index contributed by atoms with van der Waals surface area (Å²) in [7, 11) is 0. The van der Waals surface area contributed by atoms with Gasteiger partial charge in [0.15, 0.2) is 0 Å². The van der Waals surface area contributed by atoms with Gasteiger partial charge in [0.05, 0.1) is 0 Å². The quantitative estimate of drug-likeness (QED) is 0.760. The van der Waals surface area contributed by atoms with E-state index in [9.17, 15) is 4.79 Å². The fourth-order valence-electron chi connectivity index (χ4n) is 2.43. The molecule has 1 amide bonds. The molecule has 2 fully saturated rings. The predicted molar refractivity (Wildman–Crippen MR) is 77.3 cm³/mol. The van der Waals surface area contributed by atoms with E-state index >= 15 is 0 Å². The normalized spacial score (nSPS) is 22.2. The van der Waals surface area contributed by atoms with Gasteiger partial charge in [-0.15, -0.1) is 0 Å². The van der Waals surface area contributed by atoms with E-state index in [-0.39, 0.29) is 11.8 Å². The van der Waals surface area contributed by atoms with Crippen LogP contribution in [0.1, 0.15) is 25.7 Å². The van der Waals surface area contributed by atoms with Crippen LogP contribution in [0.4, 0.5) is 11.4 Å². The molecular formula is C15H21N3O. The minimum absolute atomic E-state index is 0.163. The van der Waals surface area contributed by atoms with E-state index in [0.717, 1.165) is 37.3 Å². The van der Waals surface area contributed by atoms with Crippen LogP contribution in [-0.4, -0.2) is 25.0 Å². The lowest BCUT2D eigenvalue weighted by Gasteiger charge is -2.13. The van der Waals surface area contributed by atoms with Crippen LogP contribution in [-0.2, 0) is 4.79 Å². The molecule has 3 rings (SSSR count). The summed E-state index contributed by atoms with van der Waals surface area (Å²) in [6, 6.07) is 8.57. The minimum atomic E-state index is 0.163. The number of amides is 1. The largest absolute Gasteiger partial charge is 0.383 e. The van der Waals surface area contributed by atoms with E-state index < -0.39 is 0 Å². The van der Waals surface area contributed by atoms with Crippen molar-refractivity contribution in [3.8, 4) is 0 Å². The zero-order chi connectivity index (χ0) is 13.1. The van der Waals surface area contributed by atoms with Crippen LogP contribution in [0.5, 0.6) is 0 Å². The molecule has 1 unspecified atom stereocenters. The molecule has 4 nitrogen and oxygen atoms in total. The van der Waals surface area contributed by atoms with E-state index in [4.69, 9.17) is 0 Å². The number of benzene rings is 1. The Morgan fingerprint density at radius 1 is 1.16 bits per heavy atom. The number of carbonyl (C=O) groups is 1. The van der Waals surface area contributed by atoms with Crippen molar-refractivity contribution in [2.24, 2.45) is 5.92 Å². The molecule has 19 heavy (non-hydrogen) atoms. The Balaban J connectivity index is 1.48. The Morgan fingerprint density at radius 3 is 2.53 bits per heavy atom. The van der Waals surface area contributed by atoms with Crippen molar-refractivity contribution in [2.45, 2.75) is 31.7 Å². The van der Waals surface area contributed by atoms with E-state index in [2.05, 4.69) is 16.0 Å². The van der Waals surface area contributed by atoms with Crippen LogP contribution in [0.2, 0.25) is 0 Å². The average Bonchev–Trinajstić information content (AvgIpc) is 3.16. The maximum Gasteiger partial charge on any atom is 0.227 e. The number of anilines is 2. The van der Waals surface area contributed by atoms with E-state index in [0.29, 0.717) is 6.04 Å². The number of rotatable bonds is 5. The molecule has 0 radical (unpaired) electrons. The third-order valence-corrected chi connectivity index (χ3v) is 3.82. The van der Waals surface area contributed by atoms with Gasteiger partial charge < -0.3 is 16.0 Å². The molecule has 1 aromatic rings. The molecule has 1 aromatic carbocycles. The molecule has 0 spiro atoms. The second kappa shape index (κ2) is 5.61. The van der Waals surface area contributed by atoms with Crippen LogP contribution in [0.15, 0.2) is 24.3 Å². The summed E-state index contributed by atoms with van der Waals surface area (Å²) in [4.78, 5) is 11.6. The molecule has 0 aromatic heterocycles. The lowest BCUT2D eigenvalue weighted by atomic mass is 10.2. The lowest BCUT2D eigenvalue weighted by Crippen LogP contribution is -2.29. The summed E-state index contributed by atoms with van der Waals surface area (Å²) in [5.74, 6) is 0.419. The van der Waals surface area contributed by atoms with Gasteiger partial charge >= 0.3 is 0 Å². The molecule has 1 aliphatic carbocycles. The molecular weight excluding hydrogens is 238 g/mol. The smallest absolute Gasteiger partial charge is 0.227 e. The minimum Gasteiger partial charge on any atom is -0.383 e. The van der Waals surface area contributed by atoms with Gasteiger partial charge in [0.1, 0.15) is 0 Å². The summed E-state index contributed by atoms with van der Waals surface area (Å²) in [5.41, 5.74) is 2.00. The summed E-state index contributed by atoms with van der Waals surface area (Å²) in [6.45, 7) is 2.10. The van der Waals surface area contributed by atoms with Crippen LogP contribution in [0.25, 0.3) is 0 Å². The highest BCUT2D eigenvalue weighted by molar-refractivity contribution is 5.94. The van der Waals surface area contributed by atoms with Crippen LogP contribution >= 0.6 is 0 Å². The highest BCUT2D eigenvalue weighted by Crippen LogP contribution is 2.30. The fraction of sp³-hybridized carbons (Fsp3) is 0.533. The molecule has 1 saturated heterocycles. The summed E-state index contributed by atoms with van der Waals surface area (Å²) < 4.78 is 0. The molecule has 102 valence electrons. The van der Waals surface area contributed by atoms with Crippen molar-refractivity contribution in [3.63, 3.8) is 0 Å². The Morgan fingerprint density at radius 2 is 1.89 bits per heavy atom. The maximum absolute atomic E-state index is 11.6. The molecule has 1 saturated carbocycles. The van der Waals surface area contributed by atoms with Crippen LogP contribution in [0, 0.1) is 5.92 Å². The van der Waals surface area contributed by atoms with Gasteiger partial charge in [-0.3, -0.25) is 4.79 Å². The molecule has 1 atom stereocenters. The van der Waals surface area contributed by atoms with Gasteiger partial charge in [-0.1, -0.05) is 0 Å². The third kappa shape index (κ3) is 3.47. The molecule has 4 heteroatoms. The number of hydrogen-bond donors (Lipinski definition) is 3. The van der Waals surface area contributed by atoms with Crippen LogP contribution in [0.3, 0.4) is 0 Å². The maximum atomic E-state index is 11.6. The SMILES string of the molecule is O=C(Nc1ccc(NCC2CCCN2)cc1)C1CC1. The standard InChI is InChI=1S/C15H21N3O/c19-15(11-3-4-11)18-13-7-5-12(6-8-13)17-10-14-2-1-9-16-14/h5-8,11,14,16-17H,1-4,9-10H2,(H,18,19). The van der Waals surface area contributed by atoms with Gasteiger partial charge in [-0.25, -0.2) is 0 Å². The molecule has 1 aliphatic heterocycles. The highest BCUT2D eigenvalue weighted by atomic mass is 16.2. The van der Waals surface area contributed by atoms with Crippen LogP contribution < -0.4 is 16.0 Å². The second-order valence-corrected chi connectivity index (χ2v) is 5.52. The summed E-state index contributed by atoms with van der Waals surface area (Å²) >= 11 is 0. The highest BCUT2D eigenvalue weighted by Gasteiger charge is 2.29. The Bertz CT molecular complexity index is 433. The van der Waals surface area contributed by atoms with Crippen molar-refractivity contribution < 1.29 is 4.79 Å². The number of nitrogens with one attached hydrogen (secondary N) is 3. The molecule has 0 bridgehead atoms. The number of hydrogen-bond acceptors (Lipinski definition) is 3. The van der Waals surface area contributed by atoms with Crippen molar-refractivity contribution in [2.75, 3.05) is 23.7 Å².